The molecule has 4 rings (SSSR count). The minimum absolute atomic E-state index is 0.0398. The highest BCUT2D eigenvalue weighted by Gasteiger charge is 2.66. The van der Waals surface area contributed by atoms with Gasteiger partial charge in [0.1, 0.15) is 11.6 Å². The molecule has 1 spiro atoms. The molecule has 2 aromatic carbocycles. The van der Waals surface area contributed by atoms with Gasteiger partial charge in [-0.3, -0.25) is 14.4 Å². The summed E-state index contributed by atoms with van der Waals surface area (Å²) in [4.78, 5) is 45.9. The van der Waals surface area contributed by atoms with Gasteiger partial charge in [0.05, 0.1) is 11.3 Å². The van der Waals surface area contributed by atoms with Crippen LogP contribution in [0.3, 0.4) is 0 Å². The Labute approximate surface area is 204 Å². The number of halogens is 1. The van der Waals surface area contributed by atoms with Crippen LogP contribution in [0.1, 0.15) is 36.5 Å². The number of carbonyl (C=O) groups is 3. The number of fused-ring (bicyclic) bond motifs is 2. The molecular weight excluding hydrogens is 449 g/mol. The van der Waals surface area contributed by atoms with Gasteiger partial charge in [0.15, 0.2) is 5.54 Å². The number of aliphatic hydroxyl groups excluding tert-OH is 1. The Kier molecular flexibility index (Phi) is 6.51. The molecule has 2 aliphatic rings. The molecule has 1 saturated heterocycles. The first-order valence-corrected chi connectivity index (χ1v) is 11.8. The molecule has 0 bridgehead atoms. The number of Topliss-reactive ketones (excluding diaryl/α,β-unsaturated/α-hetero) is 1. The van der Waals surface area contributed by atoms with E-state index in [2.05, 4.69) is 0 Å². The smallest absolute Gasteiger partial charge is 0.296 e. The third-order valence-electron chi connectivity index (χ3n) is 6.69. The van der Waals surface area contributed by atoms with Crippen molar-refractivity contribution >= 4 is 29.0 Å². The van der Waals surface area contributed by atoms with Crippen LogP contribution >= 0.6 is 0 Å². The Morgan fingerprint density at radius 3 is 2.46 bits per heavy atom. The van der Waals surface area contributed by atoms with Crippen LogP contribution in [0.15, 0.2) is 48.0 Å². The molecule has 8 heteroatoms. The number of hydrogen-bond acceptors (Lipinski definition) is 5. The van der Waals surface area contributed by atoms with Crippen molar-refractivity contribution in [1.82, 2.24) is 9.80 Å². The minimum atomic E-state index is -1.81. The second-order valence-corrected chi connectivity index (χ2v) is 9.31. The highest BCUT2D eigenvalue weighted by Crippen LogP contribution is 2.53. The zero-order valence-electron chi connectivity index (χ0n) is 20.5. The van der Waals surface area contributed by atoms with Crippen LogP contribution < -0.4 is 4.90 Å². The van der Waals surface area contributed by atoms with E-state index in [1.165, 1.54) is 17.0 Å². The predicted octanol–water partition coefficient (Wildman–Crippen LogP) is 3.42. The number of aliphatic hydroxyl groups is 1. The van der Waals surface area contributed by atoms with Gasteiger partial charge in [0, 0.05) is 24.2 Å². The lowest BCUT2D eigenvalue weighted by Crippen LogP contribution is -2.52. The van der Waals surface area contributed by atoms with Gasteiger partial charge in [-0.15, -0.1) is 0 Å². The summed E-state index contributed by atoms with van der Waals surface area (Å²) in [5.41, 5.74) is -0.643. The number of nitrogens with zero attached hydrogens (tertiary/aromatic N) is 3. The predicted molar refractivity (Wildman–Crippen MR) is 131 cm³/mol. The summed E-state index contributed by atoms with van der Waals surface area (Å²) in [5, 5.41) is 11.4. The summed E-state index contributed by atoms with van der Waals surface area (Å²) in [6.07, 6.45) is 1.18. The van der Waals surface area contributed by atoms with Gasteiger partial charge in [-0.2, -0.15) is 0 Å². The van der Waals surface area contributed by atoms with Gasteiger partial charge in [-0.1, -0.05) is 37.3 Å². The summed E-state index contributed by atoms with van der Waals surface area (Å²) in [5.74, 6) is -3.37. The molecule has 2 aliphatic heterocycles. The first-order valence-electron chi connectivity index (χ1n) is 11.8. The molecule has 2 amide bonds. The van der Waals surface area contributed by atoms with Crippen LogP contribution in [-0.2, 0) is 19.9 Å². The summed E-state index contributed by atoms with van der Waals surface area (Å²) in [6.45, 7) is 4.68. The maximum atomic E-state index is 14.4. The third-order valence-corrected chi connectivity index (χ3v) is 6.69. The van der Waals surface area contributed by atoms with E-state index in [0.29, 0.717) is 42.7 Å². The average molecular weight is 480 g/mol. The summed E-state index contributed by atoms with van der Waals surface area (Å²) in [6, 6.07) is 11.1. The van der Waals surface area contributed by atoms with Crippen molar-refractivity contribution in [1.29, 1.82) is 0 Å². The van der Waals surface area contributed by atoms with Crippen LogP contribution in [0.4, 0.5) is 10.1 Å². The number of ketones is 1. The molecule has 1 fully saturated rings. The molecule has 1 unspecified atom stereocenters. The fraction of sp³-hybridized carbons (Fsp3) is 0.370. The molecule has 2 heterocycles. The number of rotatable bonds is 7. The number of benzene rings is 2. The van der Waals surface area contributed by atoms with Crippen LogP contribution in [0, 0.1) is 12.7 Å². The molecular formula is C27H30FN3O4. The van der Waals surface area contributed by atoms with Crippen LogP contribution in [0.25, 0.3) is 5.76 Å². The molecule has 184 valence electrons. The van der Waals surface area contributed by atoms with Crippen molar-refractivity contribution in [2.75, 3.05) is 38.6 Å². The number of aryl methyl sites for hydroxylation is 1. The zero-order valence-corrected chi connectivity index (χ0v) is 20.5. The SMILES string of the molecule is CCCN1C(=O)C2(/C(=C(\O)c3ccc(C)c(F)c3)C(=O)C(=O)N2CCCN(C)C)c2ccccc21. The first kappa shape index (κ1) is 24.6. The summed E-state index contributed by atoms with van der Waals surface area (Å²) >= 11 is 0. The second kappa shape index (κ2) is 9.26. The van der Waals surface area contributed by atoms with E-state index in [1.807, 2.05) is 25.9 Å². The molecule has 0 aliphatic carbocycles. The first-order chi connectivity index (χ1) is 16.7. The fourth-order valence-electron chi connectivity index (χ4n) is 5.04. The molecule has 2 aromatic rings. The van der Waals surface area contributed by atoms with Crippen molar-refractivity contribution in [2.45, 2.75) is 32.2 Å². The molecule has 1 atom stereocenters. The fourth-order valence-corrected chi connectivity index (χ4v) is 5.04. The van der Waals surface area contributed by atoms with Crippen molar-refractivity contribution in [3.63, 3.8) is 0 Å². The van der Waals surface area contributed by atoms with Gasteiger partial charge >= 0.3 is 0 Å². The molecule has 35 heavy (non-hydrogen) atoms. The van der Waals surface area contributed by atoms with Gasteiger partial charge in [0.25, 0.3) is 17.6 Å². The standard InChI is InChI=1S/C27H30FN3O4/c1-5-13-30-21-10-7-6-9-19(21)27(26(30)35)22(23(32)18-12-11-17(2)20(28)16-18)24(33)25(34)31(27)15-8-14-29(3)4/h6-7,9-12,16,32H,5,8,13-15H2,1-4H3/b23-22-. The lowest BCUT2D eigenvalue weighted by atomic mass is 9.81. The van der Waals surface area contributed by atoms with E-state index in [1.54, 1.807) is 36.1 Å². The highest BCUT2D eigenvalue weighted by atomic mass is 19.1. The van der Waals surface area contributed by atoms with Gasteiger partial charge in [0.2, 0.25) is 0 Å². The number of likely N-dealkylation sites (tertiary alicyclic amines) is 1. The zero-order chi connectivity index (χ0) is 25.5. The lowest BCUT2D eigenvalue weighted by molar-refractivity contribution is -0.143. The number of para-hydroxylation sites is 1. The van der Waals surface area contributed by atoms with Crippen molar-refractivity contribution in [2.24, 2.45) is 0 Å². The van der Waals surface area contributed by atoms with E-state index in [9.17, 15) is 23.9 Å². The van der Waals surface area contributed by atoms with E-state index in [0.717, 1.165) is 6.07 Å². The summed E-state index contributed by atoms with van der Waals surface area (Å²) in [7, 11) is 3.80. The number of anilines is 1. The van der Waals surface area contributed by atoms with Gasteiger partial charge < -0.3 is 19.8 Å². The van der Waals surface area contributed by atoms with Crippen LogP contribution in [0.2, 0.25) is 0 Å². The van der Waals surface area contributed by atoms with E-state index >= 15 is 0 Å². The van der Waals surface area contributed by atoms with Crippen molar-refractivity contribution in [3.8, 4) is 0 Å². The molecule has 0 saturated carbocycles. The van der Waals surface area contributed by atoms with Crippen molar-refractivity contribution < 1.29 is 23.9 Å². The molecule has 0 radical (unpaired) electrons. The molecule has 7 nitrogen and oxygen atoms in total. The van der Waals surface area contributed by atoms with Crippen LogP contribution in [-0.4, -0.2) is 66.2 Å². The Bertz CT molecular complexity index is 1240. The Morgan fingerprint density at radius 2 is 1.80 bits per heavy atom. The Hall–Kier alpha value is -3.52. The normalized spacial score (nSPS) is 21.0. The maximum absolute atomic E-state index is 14.4. The van der Waals surface area contributed by atoms with Crippen molar-refractivity contribution in [3.05, 3.63) is 70.5 Å². The largest absolute Gasteiger partial charge is 0.507 e. The monoisotopic (exact) mass is 479 g/mol. The molecule has 0 aromatic heterocycles. The Balaban J connectivity index is 2.01. The number of carbonyl (C=O) groups excluding carboxylic acids is 3. The third kappa shape index (κ3) is 3.72. The van der Waals surface area contributed by atoms with E-state index in [4.69, 9.17) is 0 Å². The maximum Gasteiger partial charge on any atom is 0.296 e. The topological polar surface area (TPSA) is 81.2 Å². The number of hydrogen-bond donors (Lipinski definition) is 1. The average Bonchev–Trinajstić information content (AvgIpc) is 3.19. The number of amides is 2. The summed E-state index contributed by atoms with van der Waals surface area (Å²) < 4.78 is 14.4. The lowest BCUT2D eigenvalue weighted by Gasteiger charge is -2.34. The van der Waals surface area contributed by atoms with Gasteiger partial charge in [-0.25, -0.2) is 4.39 Å². The molecule has 1 N–H and O–H groups in total. The minimum Gasteiger partial charge on any atom is -0.507 e. The quantitative estimate of drug-likeness (QED) is 0.374. The highest BCUT2D eigenvalue weighted by molar-refractivity contribution is 6.50. The van der Waals surface area contributed by atoms with Crippen LogP contribution in [0.5, 0.6) is 0 Å². The van der Waals surface area contributed by atoms with Gasteiger partial charge in [-0.05, 0) is 58.1 Å². The second-order valence-electron chi connectivity index (χ2n) is 9.31. The van der Waals surface area contributed by atoms with E-state index < -0.39 is 34.7 Å². The Morgan fingerprint density at radius 1 is 1.09 bits per heavy atom. The van der Waals surface area contributed by atoms with E-state index in [-0.39, 0.29) is 17.7 Å².